The molecule has 3 rings (SSSR count). The summed E-state index contributed by atoms with van der Waals surface area (Å²) >= 11 is 0. The Hall–Kier alpha value is -1.72. The van der Waals surface area contributed by atoms with E-state index in [2.05, 4.69) is 16.8 Å². The van der Waals surface area contributed by atoms with E-state index in [-0.39, 0.29) is 11.2 Å². The van der Waals surface area contributed by atoms with Gasteiger partial charge in [0.25, 0.3) is 0 Å². The van der Waals surface area contributed by atoms with Crippen LogP contribution in [-0.4, -0.2) is 36.2 Å². The van der Waals surface area contributed by atoms with Crippen LogP contribution >= 0.6 is 0 Å². The summed E-state index contributed by atoms with van der Waals surface area (Å²) in [7, 11) is 0. The predicted octanol–water partition coefficient (Wildman–Crippen LogP) is 2.92. The minimum atomic E-state index is -0.384. The molecule has 1 N–H and O–H groups in total. The number of aromatic amines is 1. The molecule has 1 aliphatic heterocycles. The van der Waals surface area contributed by atoms with Crippen molar-refractivity contribution in [3.05, 3.63) is 46.0 Å². The summed E-state index contributed by atoms with van der Waals surface area (Å²) in [6.45, 7) is 6.48. The Morgan fingerprint density at radius 2 is 2.26 bits per heavy atom. The quantitative estimate of drug-likeness (QED) is 0.833. The third-order valence-corrected chi connectivity index (χ3v) is 4.31. The van der Waals surface area contributed by atoms with Crippen LogP contribution in [0.2, 0.25) is 0 Å². The minimum absolute atomic E-state index is 0.129. The summed E-state index contributed by atoms with van der Waals surface area (Å²) in [5.74, 6) is 0.188. The number of nitrogens with zero attached hydrogens (tertiary/aromatic N) is 1. The molecule has 2 aromatic rings. The third kappa shape index (κ3) is 3.98. The number of halogens is 1. The van der Waals surface area contributed by atoms with E-state index in [1.807, 2.05) is 0 Å². The van der Waals surface area contributed by atoms with Gasteiger partial charge >= 0.3 is 0 Å². The second-order valence-corrected chi connectivity index (χ2v) is 6.31. The maximum absolute atomic E-state index is 13.2. The van der Waals surface area contributed by atoms with Gasteiger partial charge in [0.1, 0.15) is 5.82 Å². The topological polar surface area (TPSA) is 45.3 Å². The van der Waals surface area contributed by atoms with Crippen LogP contribution in [0.5, 0.6) is 0 Å². The molecule has 1 aliphatic rings. The molecule has 2 heterocycles. The lowest BCUT2D eigenvalue weighted by Crippen LogP contribution is -2.23. The Morgan fingerprint density at radius 3 is 3.09 bits per heavy atom. The average Bonchev–Trinajstić information content (AvgIpc) is 2.96. The maximum Gasteiger partial charge on any atom is 0.189 e. The number of nitrogens with one attached hydrogen (secondary N) is 1. The molecule has 4 nitrogen and oxygen atoms in total. The Bertz CT molecular complexity index is 729. The van der Waals surface area contributed by atoms with E-state index < -0.39 is 0 Å². The van der Waals surface area contributed by atoms with E-state index in [0.29, 0.717) is 23.4 Å². The number of aromatic nitrogens is 1. The van der Waals surface area contributed by atoms with Crippen molar-refractivity contribution < 1.29 is 9.13 Å². The lowest BCUT2D eigenvalue weighted by molar-refractivity contribution is 0.101. The molecule has 0 amide bonds. The molecule has 1 atom stereocenters. The van der Waals surface area contributed by atoms with Gasteiger partial charge in [0.05, 0.1) is 6.61 Å². The monoisotopic (exact) mass is 318 g/mol. The van der Waals surface area contributed by atoms with Crippen LogP contribution in [-0.2, 0) is 11.3 Å². The van der Waals surface area contributed by atoms with Gasteiger partial charge in [0, 0.05) is 42.4 Å². The molecule has 0 aliphatic carbocycles. The van der Waals surface area contributed by atoms with Gasteiger partial charge in [-0.2, -0.15) is 0 Å². The lowest BCUT2D eigenvalue weighted by atomic mass is 10.1. The first-order valence-corrected chi connectivity index (χ1v) is 8.27. The first kappa shape index (κ1) is 16.1. The summed E-state index contributed by atoms with van der Waals surface area (Å²) in [6.07, 6.45) is 2.18. The largest absolute Gasteiger partial charge is 0.381 e. The Balaban J connectivity index is 1.66. The van der Waals surface area contributed by atoms with Crippen molar-refractivity contribution in [3.8, 4) is 0 Å². The highest BCUT2D eigenvalue weighted by molar-refractivity contribution is 5.78. The first-order valence-electron chi connectivity index (χ1n) is 8.27. The first-order chi connectivity index (χ1) is 11.2. The van der Waals surface area contributed by atoms with E-state index in [1.165, 1.54) is 12.1 Å². The van der Waals surface area contributed by atoms with Crippen molar-refractivity contribution in [1.82, 2.24) is 9.88 Å². The summed E-state index contributed by atoms with van der Waals surface area (Å²) in [5.41, 5.74) is 1.44. The molecule has 0 unspecified atom stereocenters. The number of hydrogen-bond donors (Lipinski definition) is 1. The predicted molar refractivity (Wildman–Crippen MR) is 89.0 cm³/mol. The fourth-order valence-corrected chi connectivity index (χ4v) is 3.19. The van der Waals surface area contributed by atoms with Crippen LogP contribution in [0.25, 0.3) is 10.9 Å². The highest BCUT2D eigenvalue weighted by Crippen LogP contribution is 2.19. The highest BCUT2D eigenvalue weighted by Gasteiger charge is 2.22. The van der Waals surface area contributed by atoms with Gasteiger partial charge in [0.15, 0.2) is 5.43 Å². The summed E-state index contributed by atoms with van der Waals surface area (Å²) < 4.78 is 18.9. The third-order valence-electron chi connectivity index (χ3n) is 4.31. The lowest BCUT2D eigenvalue weighted by Gasteiger charge is -2.16. The zero-order valence-electron chi connectivity index (χ0n) is 13.5. The molecule has 1 aromatic heterocycles. The molecule has 0 radical (unpaired) electrons. The number of ether oxygens (including phenoxy) is 1. The van der Waals surface area contributed by atoms with Gasteiger partial charge in [-0.15, -0.1) is 0 Å². The molecule has 1 aromatic carbocycles. The van der Waals surface area contributed by atoms with Crippen LogP contribution in [0.15, 0.2) is 29.1 Å². The Morgan fingerprint density at radius 1 is 1.39 bits per heavy atom. The van der Waals surface area contributed by atoms with Gasteiger partial charge in [-0.25, -0.2) is 4.39 Å². The van der Waals surface area contributed by atoms with Crippen molar-refractivity contribution in [2.24, 2.45) is 5.92 Å². The normalized spacial score (nSPS) is 18.8. The average molecular weight is 318 g/mol. The molecule has 0 spiro atoms. The number of likely N-dealkylation sites (tertiary alicyclic amines) is 1. The van der Waals surface area contributed by atoms with Crippen LogP contribution in [0.4, 0.5) is 4.39 Å². The fourth-order valence-electron chi connectivity index (χ4n) is 3.19. The van der Waals surface area contributed by atoms with Crippen molar-refractivity contribution >= 4 is 10.9 Å². The van der Waals surface area contributed by atoms with Crippen LogP contribution in [0.3, 0.4) is 0 Å². The molecule has 5 heteroatoms. The van der Waals surface area contributed by atoms with E-state index in [4.69, 9.17) is 4.74 Å². The summed E-state index contributed by atoms with van der Waals surface area (Å²) in [6, 6.07) is 5.87. The number of benzene rings is 1. The number of H-pyrrole nitrogens is 1. The summed E-state index contributed by atoms with van der Waals surface area (Å²) in [5, 5.41) is 0.404. The molecule has 1 saturated heterocycles. The zero-order valence-corrected chi connectivity index (χ0v) is 13.5. The van der Waals surface area contributed by atoms with Crippen molar-refractivity contribution in [1.29, 1.82) is 0 Å². The number of pyridine rings is 1. The van der Waals surface area contributed by atoms with Crippen molar-refractivity contribution in [2.75, 3.05) is 26.3 Å². The van der Waals surface area contributed by atoms with Crippen LogP contribution in [0, 0.1) is 11.7 Å². The van der Waals surface area contributed by atoms with E-state index in [9.17, 15) is 9.18 Å². The molecule has 1 fully saturated rings. The van der Waals surface area contributed by atoms with E-state index >= 15 is 0 Å². The van der Waals surface area contributed by atoms with Gasteiger partial charge in [-0.05, 0) is 43.5 Å². The molecule has 0 bridgehead atoms. The van der Waals surface area contributed by atoms with Crippen LogP contribution < -0.4 is 5.43 Å². The minimum Gasteiger partial charge on any atom is -0.381 e. The highest BCUT2D eigenvalue weighted by atomic mass is 19.1. The van der Waals surface area contributed by atoms with E-state index in [1.54, 1.807) is 12.1 Å². The number of hydrogen-bond acceptors (Lipinski definition) is 3. The SMILES string of the molecule is CCCOC[C@H]1CCN(Cc2cc(=O)c3cc(F)ccc3[nH]2)C1. The zero-order chi connectivity index (χ0) is 16.2. The Labute approximate surface area is 135 Å². The second kappa shape index (κ2) is 7.23. The number of rotatable bonds is 6. The molecule has 23 heavy (non-hydrogen) atoms. The smallest absolute Gasteiger partial charge is 0.189 e. The summed E-state index contributed by atoms with van der Waals surface area (Å²) in [4.78, 5) is 17.7. The van der Waals surface area contributed by atoms with Gasteiger partial charge < -0.3 is 9.72 Å². The molecular formula is C18H23FN2O2. The van der Waals surface area contributed by atoms with Gasteiger partial charge in [-0.1, -0.05) is 6.92 Å². The second-order valence-electron chi connectivity index (χ2n) is 6.31. The van der Waals surface area contributed by atoms with Crippen molar-refractivity contribution in [3.63, 3.8) is 0 Å². The van der Waals surface area contributed by atoms with E-state index in [0.717, 1.165) is 44.8 Å². The van der Waals surface area contributed by atoms with Gasteiger partial charge in [0.2, 0.25) is 0 Å². The molecular weight excluding hydrogens is 295 g/mol. The molecule has 0 saturated carbocycles. The van der Waals surface area contributed by atoms with Crippen molar-refractivity contribution in [2.45, 2.75) is 26.3 Å². The molecule has 124 valence electrons. The maximum atomic E-state index is 13.2. The van der Waals surface area contributed by atoms with Crippen LogP contribution in [0.1, 0.15) is 25.5 Å². The van der Waals surface area contributed by atoms with Gasteiger partial charge in [-0.3, -0.25) is 9.69 Å². The standard InChI is InChI=1S/C18H23FN2O2/c1-2-7-23-12-13-5-6-21(10-13)11-15-9-18(22)16-8-14(19)3-4-17(16)20-15/h3-4,8-9,13H,2,5-7,10-12H2,1H3,(H,20,22)/t13-/m0/s1. The Kier molecular flexibility index (Phi) is 5.08. The number of fused-ring (bicyclic) bond motifs is 1. The fraction of sp³-hybridized carbons (Fsp3) is 0.500.